The minimum absolute atomic E-state index is 0.0398. The van der Waals surface area contributed by atoms with Gasteiger partial charge in [-0.15, -0.1) is 0 Å². The second-order valence-corrected chi connectivity index (χ2v) is 13.1. The molecule has 1 aliphatic heterocycles. The van der Waals surface area contributed by atoms with Crippen molar-refractivity contribution in [3.63, 3.8) is 0 Å². The molecule has 4 unspecified atom stereocenters. The Morgan fingerprint density at radius 1 is 1.02 bits per heavy atom. The topological polar surface area (TPSA) is 187 Å². The van der Waals surface area contributed by atoms with E-state index < -0.39 is 58.6 Å². The molecule has 4 amide bonds. The first kappa shape index (κ1) is 34.6. The van der Waals surface area contributed by atoms with Gasteiger partial charge in [0.15, 0.2) is 6.04 Å². The number of hydrogen-bond acceptors (Lipinski definition) is 8. The van der Waals surface area contributed by atoms with Crippen LogP contribution in [-0.4, -0.2) is 81.2 Å². The number of carbonyl (C=O) groups is 4. The van der Waals surface area contributed by atoms with Crippen LogP contribution in [0.4, 0.5) is 0 Å². The molecule has 246 valence electrons. The number of pyridine rings is 1. The van der Waals surface area contributed by atoms with Crippen LogP contribution in [0.5, 0.6) is 0 Å². The summed E-state index contributed by atoms with van der Waals surface area (Å²) in [6.07, 6.45) is 0.0699. The minimum atomic E-state index is -1.35. The van der Waals surface area contributed by atoms with E-state index in [-0.39, 0.29) is 31.1 Å². The summed E-state index contributed by atoms with van der Waals surface area (Å²) < 4.78 is -0.913. The van der Waals surface area contributed by atoms with E-state index in [0.717, 1.165) is 17.4 Å². The van der Waals surface area contributed by atoms with Crippen molar-refractivity contribution < 1.29 is 28.9 Å². The number of para-hydroxylation sites is 1. The molecule has 5 atom stereocenters. The predicted octanol–water partition coefficient (Wildman–Crippen LogP) is 2.08. The Hall–Kier alpha value is -4.23. The van der Waals surface area contributed by atoms with Crippen molar-refractivity contribution in [2.75, 3.05) is 13.1 Å². The van der Waals surface area contributed by atoms with Gasteiger partial charge in [-0.2, -0.15) is 0 Å². The van der Waals surface area contributed by atoms with Crippen molar-refractivity contribution in [3.05, 3.63) is 83.2 Å². The Morgan fingerprint density at radius 2 is 1.72 bits per heavy atom. The molecule has 1 aromatic heterocycles. The highest BCUT2D eigenvalue weighted by Gasteiger charge is 2.41. The van der Waals surface area contributed by atoms with E-state index in [0.29, 0.717) is 18.4 Å². The highest BCUT2D eigenvalue weighted by molar-refractivity contribution is 6.05. The molecule has 0 spiro atoms. The number of benzene rings is 2. The maximum atomic E-state index is 14.1. The number of hydroxylamine groups is 3. The van der Waals surface area contributed by atoms with Crippen LogP contribution < -0.4 is 21.7 Å². The number of nitrogens with two attached hydrogens (primary N) is 1. The van der Waals surface area contributed by atoms with Crippen LogP contribution in [0.25, 0.3) is 10.9 Å². The van der Waals surface area contributed by atoms with Crippen molar-refractivity contribution >= 4 is 34.5 Å². The summed E-state index contributed by atoms with van der Waals surface area (Å²) in [5.41, 5.74) is 6.98. The number of aromatic nitrogens is 1. The van der Waals surface area contributed by atoms with E-state index in [1.165, 1.54) is 6.07 Å². The lowest BCUT2D eigenvalue weighted by molar-refractivity contribution is -0.904. The number of aliphatic hydroxyl groups is 1. The van der Waals surface area contributed by atoms with Gasteiger partial charge in [0.25, 0.3) is 11.8 Å². The number of aliphatic hydroxyl groups excluding tert-OH is 1. The number of carbonyl (C=O) groups excluding carboxylic acids is 4. The molecule has 2 heterocycles. The quantitative estimate of drug-likeness (QED) is 0.157. The number of piperidine rings is 1. The Kier molecular flexibility index (Phi) is 11.2. The zero-order chi connectivity index (χ0) is 33.5. The van der Waals surface area contributed by atoms with Crippen molar-refractivity contribution in [3.8, 4) is 0 Å². The van der Waals surface area contributed by atoms with Crippen molar-refractivity contribution in [1.29, 1.82) is 0 Å². The summed E-state index contributed by atoms with van der Waals surface area (Å²) in [6.45, 7) is 5.36. The number of amides is 4. The molecular formula is C34H44N6O6. The third kappa shape index (κ3) is 9.39. The molecule has 0 saturated carbocycles. The molecule has 4 rings (SSSR count). The van der Waals surface area contributed by atoms with Gasteiger partial charge in [-0.05, 0) is 57.7 Å². The third-order valence-electron chi connectivity index (χ3n) is 8.05. The van der Waals surface area contributed by atoms with E-state index in [2.05, 4.69) is 20.9 Å². The molecular weight excluding hydrogens is 588 g/mol. The SMILES string of the molecule is CC(C)(C)NC(=O)C1CCCC[N+]1([O-])CC(O)C(Cc1ccccc1)NC(=O)[C@@H](N)CC(=O)NC(=O)c1ccc2ccccc2n1. The molecule has 0 radical (unpaired) electrons. The van der Waals surface area contributed by atoms with Gasteiger partial charge in [-0.3, -0.25) is 24.5 Å². The summed E-state index contributed by atoms with van der Waals surface area (Å²) in [4.78, 5) is 55.9. The van der Waals surface area contributed by atoms with Crippen LogP contribution in [0.15, 0.2) is 66.7 Å². The van der Waals surface area contributed by atoms with Crippen LogP contribution in [0, 0.1) is 5.21 Å². The smallest absolute Gasteiger partial charge is 0.279 e. The van der Waals surface area contributed by atoms with Crippen molar-refractivity contribution in [1.82, 2.24) is 20.9 Å². The number of nitrogens with one attached hydrogen (secondary N) is 3. The van der Waals surface area contributed by atoms with Crippen molar-refractivity contribution in [2.24, 2.45) is 5.73 Å². The second kappa shape index (κ2) is 14.9. The number of fused-ring (bicyclic) bond motifs is 1. The fraction of sp³-hybridized carbons (Fsp3) is 0.441. The summed E-state index contributed by atoms with van der Waals surface area (Å²) in [6, 6.07) is 16.4. The van der Waals surface area contributed by atoms with Gasteiger partial charge in [0.1, 0.15) is 18.3 Å². The standard InChI is InChI=1S/C34H44N6O6/c1-34(2,3)39-33(45)28-15-9-10-18-40(28,46)21-29(41)27(19-22-11-5-4-6-12-22)37-31(43)24(35)20-30(42)38-32(44)26-17-16-23-13-7-8-14-25(23)36-26/h4-8,11-14,16-17,24,27-29,41H,9-10,15,18-21,35H2,1-3H3,(H,37,43)(H,39,45)(H,38,42,44)/t24-,27?,28?,29?,40?/m0/s1. The number of nitrogens with zero attached hydrogens (tertiary/aromatic N) is 2. The van der Waals surface area contributed by atoms with Crippen LogP contribution in [0.3, 0.4) is 0 Å². The predicted molar refractivity (Wildman–Crippen MR) is 174 cm³/mol. The fourth-order valence-corrected chi connectivity index (χ4v) is 5.74. The van der Waals surface area contributed by atoms with Gasteiger partial charge in [0.2, 0.25) is 11.8 Å². The Bertz CT molecular complexity index is 1540. The lowest BCUT2D eigenvalue weighted by atomic mass is 9.95. The number of imide groups is 1. The maximum Gasteiger partial charge on any atom is 0.279 e. The first-order valence-corrected chi connectivity index (χ1v) is 15.6. The largest absolute Gasteiger partial charge is 0.632 e. The molecule has 1 fully saturated rings. The number of quaternary nitrogens is 1. The van der Waals surface area contributed by atoms with Gasteiger partial charge >= 0.3 is 0 Å². The number of likely N-dealkylation sites (tertiary alicyclic amines) is 1. The highest BCUT2D eigenvalue weighted by Crippen LogP contribution is 2.27. The summed E-state index contributed by atoms with van der Waals surface area (Å²) in [5.74, 6) is -2.59. The molecule has 3 aromatic rings. The lowest BCUT2D eigenvalue weighted by Gasteiger charge is -2.52. The van der Waals surface area contributed by atoms with E-state index in [1.54, 1.807) is 18.2 Å². The first-order valence-electron chi connectivity index (χ1n) is 15.6. The number of rotatable bonds is 11. The summed E-state index contributed by atoms with van der Waals surface area (Å²) in [7, 11) is 0. The van der Waals surface area contributed by atoms with E-state index >= 15 is 0 Å². The van der Waals surface area contributed by atoms with E-state index in [4.69, 9.17) is 5.73 Å². The molecule has 46 heavy (non-hydrogen) atoms. The summed E-state index contributed by atoms with van der Waals surface area (Å²) >= 11 is 0. The zero-order valence-electron chi connectivity index (χ0n) is 26.6. The molecule has 1 saturated heterocycles. The van der Waals surface area contributed by atoms with Crippen LogP contribution in [-0.2, 0) is 20.8 Å². The average molecular weight is 633 g/mol. The summed E-state index contributed by atoms with van der Waals surface area (Å²) in [5, 5.41) is 34.2. The minimum Gasteiger partial charge on any atom is -0.632 e. The van der Waals surface area contributed by atoms with E-state index in [1.807, 2.05) is 63.2 Å². The number of hydrogen-bond donors (Lipinski definition) is 5. The molecule has 12 nitrogen and oxygen atoms in total. The Labute approximate surface area is 268 Å². The molecule has 1 aliphatic rings. The van der Waals surface area contributed by atoms with Crippen LogP contribution in [0.2, 0.25) is 0 Å². The zero-order valence-corrected chi connectivity index (χ0v) is 26.6. The van der Waals surface area contributed by atoms with Gasteiger partial charge in [-0.1, -0.05) is 54.6 Å². The highest BCUT2D eigenvalue weighted by atomic mass is 16.6. The monoisotopic (exact) mass is 632 g/mol. The van der Waals surface area contributed by atoms with Crippen LogP contribution in [0.1, 0.15) is 62.5 Å². The van der Waals surface area contributed by atoms with Crippen molar-refractivity contribution in [2.45, 2.75) is 82.6 Å². The van der Waals surface area contributed by atoms with E-state index in [9.17, 15) is 29.5 Å². The molecule has 0 bridgehead atoms. The normalized spacial score (nSPS) is 20.3. The van der Waals surface area contributed by atoms with Crippen LogP contribution >= 0.6 is 0 Å². The molecule has 2 aromatic carbocycles. The molecule has 6 N–H and O–H groups in total. The lowest BCUT2D eigenvalue weighted by Crippen LogP contribution is -2.65. The van der Waals surface area contributed by atoms with Gasteiger partial charge in [0.05, 0.1) is 30.6 Å². The fourth-order valence-electron chi connectivity index (χ4n) is 5.74. The third-order valence-corrected chi connectivity index (χ3v) is 8.05. The van der Waals surface area contributed by atoms with Gasteiger partial charge in [0, 0.05) is 17.3 Å². The average Bonchev–Trinajstić information content (AvgIpc) is 2.99. The van der Waals surface area contributed by atoms with Gasteiger partial charge < -0.3 is 31.3 Å². The molecule has 12 heteroatoms. The van der Waals surface area contributed by atoms with Gasteiger partial charge in [-0.25, -0.2) is 4.98 Å². The maximum absolute atomic E-state index is 14.1. The second-order valence-electron chi connectivity index (χ2n) is 13.1. The Balaban J connectivity index is 1.42. The first-order chi connectivity index (χ1) is 21.7. The Morgan fingerprint density at radius 3 is 2.43 bits per heavy atom. The molecule has 0 aliphatic carbocycles.